The average molecular weight is 552 g/mol. The number of nitrogens with one attached hydrogen (secondary N) is 2. The van der Waals surface area contributed by atoms with Crippen LogP contribution in [0.3, 0.4) is 0 Å². The lowest BCUT2D eigenvalue weighted by atomic mass is 9.74. The second kappa shape index (κ2) is 12.3. The molecule has 0 spiro atoms. The highest BCUT2D eigenvalue weighted by Gasteiger charge is 2.35. The Hall–Kier alpha value is -2.94. The number of anilines is 2. The molecule has 2 aliphatic rings. The first-order valence-electron chi connectivity index (χ1n) is 13.2. The van der Waals surface area contributed by atoms with Crippen molar-refractivity contribution in [2.24, 2.45) is 5.92 Å². The number of rotatable bonds is 7. The molecule has 5 rings (SSSR count). The lowest BCUT2D eigenvalue weighted by molar-refractivity contribution is 0.0515. The van der Waals surface area contributed by atoms with Gasteiger partial charge >= 0.3 is 0 Å². The van der Waals surface area contributed by atoms with Crippen LogP contribution in [-0.4, -0.2) is 47.9 Å². The molecule has 2 aromatic carbocycles. The summed E-state index contributed by atoms with van der Waals surface area (Å²) >= 11 is 12.0. The van der Waals surface area contributed by atoms with Gasteiger partial charge in [-0.05, 0) is 73.6 Å². The molecule has 7 nitrogen and oxygen atoms in total. The predicted octanol–water partition coefficient (Wildman–Crippen LogP) is 6.19. The van der Waals surface area contributed by atoms with Gasteiger partial charge in [0.2, 0.25) is 11.8 Å². The summed E-state index contributed by atoms with van der Waals surface area (Å²) in [5.74, 6) is 3.05. The Bertz CT molecular complexity index is 1240. The first-order valence-corrected chi connectivity index (χ1v) is 14.0. The molecule has 38 heavy (non-hydrogen) atoms. The van der Waals surface area contributed by atoms with Crippen molar-refractivity contribution in [2.45, 2.75) is 38.0 Å². The fourth-order valence-corrected chi connectivity index (χ4v) is 5.59. The minimum Gasteiger partial charge on any atom is -0.439 e. The van der Waals surface area contributed by atoms with E-state index in [4.69, 9.17) is 38.3 Å². The number of thiocarbonyl (C=S) groups is 1. The normalized spacial score (nSPS) is 19.0. The molecule has 2 fully saturated rings. The van der Waals surface area contributed by atoms with Crippen LogP contribution in [0.4, 0.5) is 11.8 Å². The van der Waals surface area contributed by atoms with Gasteiger partial charge in [-0.3, -0.25) is 0 Å². The van der Waals surface area contributed by atoms with E-state index >= 15 is 0 Å². The van der Waals surface area contributed by atoms with Crippen molar-refractivity contribution >= 4 is 40.7 Å². The predicted molar refractivity (Wildman–Crippen MR) is 157 cm³/mol. The van der Waals surface area contributed by atoms with Crippen LogP contribution in [0.2, 0.25) is 5.02 Å². The number of ether oxygens (including phenoxy) is 2. The van der Waals surface area contributed by atoms with Gasteiger partial charge in [0, 0.05) is 49.4 Å². The minimum absolute atomic E-state index is 0.122. The minimum atomic E-state index is -0.122. The Morgan fingerprint density at radius 1 is 1.13 bits per heavy atom. The molecule has 2 aliphatic heterocycles. The monoisotopic (exact) mass is 551 g/mol. The molecule has 3 heterocycles. The zero-order valence-corrected chi connectivity index (χ0v) is 23.2. The molecule has 0 aliphatic carbocycles. The van der Waals surface area contributed by atoms with Crippen LogP contribution in [0.5, 0.6) is 11.6 Å². The fraction of sp³-hybridized carbons (Fsp3) is 0.414. The van der Waals surface area contributed by atoms with Gasteiger partial charge in [-0.25, -0.2) is 0 Å². The Morgan fingerprint density at radius 2 is 1.95 bits per heavy atom. The van der Waals surface area contributed by atoms with Crippen LogP contribution in [0.15, 0.2) is 60.7 Å². The zero-order valence-electron chi connectivity index (χ0n) is 21.7. The average Bonchev–Trinajstić information content (AvgIpc) is 2.93. The SMILES string of the molecule is CC1CCCN(c2cc(Oc3ccccc3)nc(NC(=S)NCC3(c4cccc(Cl)c4)CCOCC3)n2)C1. The highest BCUT2D eigenvalue weighted by Crippen LogP contribution is 2.35. The van der Waals surface area contributed by atoms with Gasteiger partial charge in [-0.2, -0.15) is 9.97 Å². The third kappa shape index (κ3) is 6.73. The molecular formula is C29H34ClN5O2S. The Kier molecular flexibility index (Phi) is 8.61. The highest BCUT2D eigenvalue weighted by atomic mass is 35.5. The Balaban J connectivity index is 1.33. The van der Waals surface area contributed by atoms with Crippen molar-refractivity contribution in [1.82, 2.24) is 15.3 Å². The number of piperidine rings is 1. The quantitative estimate of drug-likeness (QED) is 0.337. The van der Waals surface area contributed by atoms with Crippen molar-refractivity contribution in [3.05, 3.63) is 71.2 Å². The number of halogens is 1. The van der Waals surface area contributed by atoms with Gasteiger partial charge in [0.1, 0.15) is 11.6 Å². The van der Waals surface area contributed by atoms with E-state index in [1.165, 1.54) is 12.0 Å². The third-order valence-electron chi connectivity index (χ3n) is 7.34. The number of hydrogen-bond donors (Lipinski definition) is 2. The smallest absolute Gasteiger partial charge is 0.234 e. The van der Waals surface area contributed by atoms with E-state index in [-0.39, 0.29) is 5.41 Å². The number of aromatic nitrogens is 2. The highest BCUT2D eigenvalue weighted by molar-refractivity contribution is 7.80. The van der Waals surface area contributed by atoms with Crippen LogP contribution in [0.1, 0.15) is 38.2 Å². The van der Waals surface area contributed by atoms with Crippen LogP contribution in [0.25, 0.3) is 0 Å². The van der Waals surface area contributed by atoms with E-state index in [1.54, 1.807) is 0 Å². The van der Waals surface area contributed by atoms with E-state index in [0.29, 0.717) is 42.6 Å². The van der Waals surface area contributed by atoms with Crippen molar-refractivity contribution in [1.29, 1.82) is 0 Å². The van der Waals surface area contributed by atoms with E-state index in [9.17, 15) is 0 Å². The number of nitrogens with zero attached hydrogens (tertiary/aromatic N) is 3. The van der Waals surface area contributed by atoms with E-state index < -0.39 is 0 Å². The summed E-state index contributed by atoms with van der Waals surface area (Å²) in [7, 11) is 0. The van der Waals surface area contributed by atoms with Crippen LogP contribution < -0.4 is 20.3 Å². The summed E-state index contributed by atoms with van der Waals surface area (Å²) in [6.45, 7) is 6.24. The molecular weight excluding hydrogens is 518 g/mol. The molecule has 0 bridgehead atoms. The second-order valence-corrected chi connectivity index (χ2v) is 11.1. The number of benzene rings is 2. The molecule has 9 heteroatoms. The molecule has 1 aromatic heterocycles. The Morgan fingerprint density at radius 3 is 2.71 bits per heavy atom. The largest absolute Gasteiger partial charge is 0.439 e. The summed E-state index contributed by atoms with van der Waals surface area (Å²) in [5.41, 5.74) is 1.07. The van der Waals surface area contributed by atoms with Crippen LogP contribution in [-0.2, 0) is 10.2 Å². The van der Waals surface area contributed by atoms with E-state index in [0.717, 1.165) is 48.9 Å². The van der Waals surface area contributed by atoms with Crippen molar-refractivity contribution in [2.75, 3.05) is 43.1 Å². The van der Waals surface area contributed by atoms with Gasteiger partial charge in [0.25, 0.3) is 0 Å². The molecule has 3 aromatic rings. The van der Waals surface area contributed by atoms with Gasteiger partial charge < -0.3 is 25.0 Å². The van der Waals surface area contributed by atoms with Crippen molar-refractivity contribution < 1.29 is 9.47 Å². The van der Waals surface area contributed by atoms with Gasteiger partial charge in [-0.1, -0.05) is 48.9 Å². The fourth-order valence-electron chi connectivity index (χ4n) is 5.23. The topological polar surface area (TPSA) is 71.5 Å². The summed E-state index contributed by atoms with van der Waals surface area (Å²) < 4.78 is 11.8. The summed E-state index contributed by atoms with van der Waals surface area (Å²) in [6.07, 6.45) is 4.14. The second-order valence-electron chi connectivity index (χ2n) is 10.2. The summed E-state index contributed by atoms with van der Waals surface area (Å²) in [4.78, 5) is 11.7. The van der Waals surface area contributed by atoms with Gasteiger partial charge in [0.05, 0.1) is 0 Å². The lowest BCUT2D eigenvalue weighted by Gasteiger charge is -2.38. The van der Waals surface area contributed by atoms with Crippen LogP contribution >= 0.6 is 23.8 Å². The zero-order chi connectivity index (χ0) is 26.4. The maximum absolute atomic E-state index is 6.33. The van der Waals surface area contributed by atoms with Crippen molar-refractivity contribution in [3.63, 3.8) is 0 Å². The van der Waals surface area contributed by atoms with Gasteiger partial charge in [-0.15, -0.1) is 0 Å². The lowest BCUT2D eigenvalue weighted by Crippen LogP contribution is -2.45. The summed E-state index contributed by atoms with van der Waals surface area (Å²) in [5, 5.41) is 7.83. The first kappa shape index (κ1) is 26.7. The van der Waals surface area contributed by atoms with Crippen LogP contribution in [0, 0.1) is 5.92 Å². The first-order chi connectivity index (χ1) is 18.5. The maximum atomic E-state index is 6.33. The molecule has 2 N–H and O–H groups in total. The molecule has 2 saturated heterocycles. The third-order valence-corrected chi connectivity index (χ3v) is 7.82. The molecule has 1 atom stereocenters. The molecule has 1 unspecified atom stereocenters. The van der Waals surface area contributed by atoms with E-state index in [1.807, 2.05) is 54.6 Å². The standard InChI is InChI=1S/C29H34ClN5O2S/c1-21-7-6-14-35(19-21)25-18-26(37-24-10-3-2-4-11-24)33-27(32-25)34-28(38)31-20-29(12-15-36-16-13-29)22-8-5-9-23(30)17-22/h2-5,8-11,17-18,21H,6-7,12-16,19-20H2,1H3,(H2,31,32,33,34,38). The Labute approximate surface area is 234 Å². The van der Waals surface area contributed by atoms with Crippen molar-refractivity contribution in [3.8, 4) is 11.6 Å². The molecule has 0 saturated carbocycles. The molecule has 0 radical (unpaired) electrons. The molecule has 200 valence electrons. The number of hydrogen-bond acceptors (Lipinski definition) is 6. The van der Waals surface area contributed by atoms with E-state index in [2.05, 4.69) is 33.5 Å². The summed E-state index contributed by atoms with van der Waals surface area (Å²) in [6, 6.07) is 19.6. The molecule has 0 amide bonds. The number of para-hydroxylation sites is 1. The van der Waals surface area contributed by atoms with Gasteiger partial charge in [0.15, 0.2) is 5.11 Å². The maximum Gasteiger partial charge on any atom is 0.234 e.